The molecule has 12 nitrogen and oxygen atoms in total. The van der Waals surface area contributed by atoms with Crippen molar-refractivity contribution in [3.05, 3.63) is 92.6 Å². The molecule has 0 radical (unpaired) electrons. The van der Waals surface area contributed by atoms with E-state index in [0.717, 1.165) is 39.8 Å². The molecule has 51 heavy (non-hydrogen) atoms. The smallest absolute Gasteiger partial charge is 0.277 e. The Balaban J connectivity index is 1.15. The molecule has 7 rings (SSSR count). The molecule has 2 amide bonds. The molecule has 5 aromatic rings. The van der Waals surface area contributed by atoms with Crippen molar-refractivity contribution in [3.8, 4) is 39.4 Å². The van der Waals surface area contributed by atoms with Gasteiger partial charge >= 0.3 is 0 Å². The minimum atomic E-state index is -0.181. The summed E-state index contributed by atoms with van der Waals surface area (Å²) < 4.78 is 8.82. The van der Waals surface area contributed by atoms with E-state index in [9.17, 15) is 14.4 Å². The summed E-state index contributed by atoms with van der Waals surface area (Å²) in [6.45, 7) is 2.22. The predicted molar refractivity (Wildman–Crippen MR) is 197 cm³/mol. The van der Waals surface area contributed by atoms with E-state index < -0.39 is 0 Å². The number of benzene rings is 2. The van der Waals surface area contributed by atoms with Crippen molar-refractivity contribution in [1.29, 1.82) is 0 Å². The zero-order valence-electron chi connectivity index (χ0n) is 28.5. The van der Waals surface area contributed by atoms with Gasteiger partial charge in [-0.25, -0.2) is 9.50 Å². The second-order valence-electron chi connectivity index (χ2n) is 13.1. The Kier molecular flexibility index (Phi) is 9.84. The highest BCUT2D eigenvalue weighted by atomic mass is 35.5. The summed E-state index contributed by atoms with van der Waals surface area (Å²) in [6, 6.07) is 17.1. The summed E-state index contributed by atoms with van der Waals surface area (Å²) in [4.78, 5) is 43.5. The summed E-state index contributed by atoms with van der Waals surface area (Å²) in [6.07, 6.45) is 3.55. The number of nitrogens with one attached hydrogen (secondary N) is 3. The molecular weight excluding hydrogens is 691 g/mol. The molecule has 0 aliphatic carbocycles. The third-order valence-electron chi connectivity index (χ3n) is 9.64. The molecule has 264 valence electrons. The number of hydrogen-bond donors (Lipinski definition) is 3. The monoisotopic (exact) mass is 728 g/mol. The number of nitrogens with zero attached hydrogens (tertiary/aromatic N) is 5. The zero-order chi connectivity index (χ0) is 35.8. The minimum Gasteiger partial charge on any atom is -0.481 e. The van der Waals surface area contributed by atoms with Crippen molar-refractivity contribution in [2.24, 2.45) is 13.0 Å². The topological polar surface area (TPSA) is 135 Å². The largest absolute Gasteiger partial charge is 0.481 e. The average Bonchev–Trinajstić information content (AvgIpc) is 3.87. The second kappa shape index (κ2) is 14.5. The van der Waals surface area contributed by atoms with Crippen LogP contribution in [0.5, 0.6) is 5.88 Å². The summed E-state index contributed by atoms with van der Waals surface area (Å²) in [5.74, 6) is 1.39. The fraction of sp³-hybridized carbons (Fsp3) is 0.324. The summed E-state index contributed by atoms with van der Waals surface area (Å²) >= 11 is 14.2. The standard InChI is InChI=1S/C37H38Cl2N8O4/c1-45(30-12-13-32(48)43-30)19-22-10-11-28(42-36(22)51-3)27-9-5-8-26(35(27)39)25-7-4-6-24(34(25)38)23-15-29-37(50)46(2)31(44-47(29)20-23)18-40-16-21-14-33(49)41-17-21/h4-11,15,20-21,30,40H,12-14,16-19H2,1-3H3,(H,41,49)(H,43,48)/t21-,30-/m0/s1. The molecule has 0 spiro atoms. The van der Waals surface area contributed by atoms with Crippen molar-refractivity contribution < 1.29 is 14.3 Å². The Morgan fingerprint density at radius 2 is 1.73 bits per heavy atom. The number of rotatable bonds is 11. The molecule has 2 atom stereocenters. The Morgan fingerprint density at radius 3 is 2.41 bits per heavy atom. The van der Waals surface area contributed by atoms with Crippen LogP contribution in [0.1, 0.15) is 30.7 Å². The van der Waals surface area contributed by atoms with Crippen LogP contribution in [0.25, 0.3) is 39.0 Å². The van der Waals surface area contributed by atoms with E-state index in [1.54, 1.807) is 30.9 Å². The molecule has 3 N–H and O–H groups in total. The predicted octanol–water partition coefficient (Wildman–Crippen LogP) is 4.64. The van der Waals surface area contributed by atoms with E-state index in [-0.39, 0.29) is 29.5 Å². The number of ether oxygens (including phenoxy) is 1. The van der Waals surface area contributed by atoms with Crippen LogP contribution < -0.4 is 26.2 Å². The maximum absolute atomic E-state index is 13.4. The highest BCUT2D eigenvalue weighted by molar-refractivity contribution is 6.39. The number of amides is 2. The quantitative estimate of drug-likeness (QED) is 0.179. The molecule has 2 fully saturated rings. The first-order valence-electron chi connectivity index (χ1n) is 16.8. The van der Waals surface area contributed by atoms with E-state index in [0.29, 0.717) is 72.0 Å². The molecule has 2 aromatic carbocycles. The van der Waals surface area contributed by atoms with Crippen LogP contribution in [-0.2, 0) is 29.7 Å². The van der Waals surface area contributed by atoms with E-state index in [1.165, 1.54) is 4.57 Å². The maximum atomic E-state index is 13.4. The molecule has 2 aliphatic rings. The van der Waals surface area contributed by atoms with Crippen LogP contribution in [0, 0.1) is 5.92 Å². The highest BCUT2D eigenvalue weighted by Crippen LogP contribution is 2.42. The lowest BCUT2D eigenvalue weighted by molar-refractivity contribution is -0.120. The van der Waals surface area contributed by atoms with Crippen molar-refractivity contribution in [2.45, 2.75) is 38.5 Å². The van der Waals surface area contributed by atoms with Crippen molar-refractivity contribution in [3.63, 3.8) is 0 Å². The number of aromatic nitrogens is 4. The summed E-state index contributed by atoms with van der Waals surface area (Å²) in [7, 11) is 5.26. The highest BCUT2D eigenvalue weighted by Gasteiger charge is 2.26. The number of carbonyl (C=O) groups is 2. The van der Waals surface area contributed by atoms with Gasteiger partial charge in [-0.05, 0) is 31.5 Å². The van der Waals surface area contributed by atoms with Crippen LogP contribution in [0.15, 0.2) is 65.6 Å². The first-order valence-corrected chi connectivity index (χ1v) is 17.5. The van der Waals surface area contributed by atoms with Gasteiger partial charge < -0.3 is 20.7 Å². The maximum Gasteiger partial charge on any atom is 0.277 e. The van der Waals surface area contributed by atoms with E-state index in [1.807, 2.05) is 55.6 Å². The molecule has 5 heterocycles. The first kappa shape index (κ1) is 34.7. The fourth-order valence-corrected chi connectivity index (χ4v) is 7.46. The van der Waals surface area contributed by atoms with Gasteiger partial charge in [-0.1, -0.05) is 65.7 Å². The van der Waals surface area contributed by atoms with Gasteiger partial charge in [0.25, 0.3) is 5.56 Å². The number of halogens is 2. The number of methoxy groups -OCH3 is 1. The van der Waals surface area contributed by atoms with Crippen LogP contribution in [0.3, 0.4) is 0 Å². The van der Waals surface area contributed by atoms with Crippen LogP contribution in [0.4, 0.5) is 0 Å². The summed E-state index contributed by atoms with van der Waals surface area (Å²) in [5.41, 5.74) is 5.42. The number of hydrogen-bond acceptors (Lipinski definition) is 8. The first-order chi connectivity index (χ1) is 24.6. The molecule has 2 saturated heterocycles. The SMILES string of the molecule is COc1nc(-c2cccc(-c3cccc(-c4cc5c(=O)n(C)c(CNC[C@H]6CNC(=O)C6)nn5c4)c3Cl)c2Cl)ccc1CN(C)[C@H]1CCC(=O)N1. The minimum absolute atomic E-state index is 0.0285. The van der Waals surface area contributed by atoms with Gasteiger partial charge in [-0.15, -0.1) is 0 Å². The molecule has 3 aromatic heterocycles. The van der Waals surface area contributed by atoms with Crippen molar-refractivity contribution in [2.75, 3.05) is 27.2 Å². The normalized spacial score (nSPS) is 17.4. The number of fused-ring (bicyclic) bond motifs is 1. The summed E-state index contributed by atoms with van der Waals surface area (Å²) in [5, 5.41) is 14.9. The van der Waals surface area contributed by atoms with Gasteiger partial charge in [0.05, 0.1) is 35.6 Å². The van der Waals surface area contributed by atoms with Gasteiger partial charge in [0.2, 0.25) is 17.7 Å². The third kappa shape index (κ3) is 6.96. The Morgan fingerprint density at radius 1 is 1.00 bits per heavy atom. The molecule has 0 unspecified atom stereocenters. The lowest BCUT2D eigenvalue weighted by Gasteiger charge is -2.24. The Hall–Kier alpha value is -4.75. The number of pyridine rings is 1. The van der Waals surface area contributed by atoms with E-state index in [2.05, 4.69) is 20.9 Å². The zero-order valence-corrected chi connectivity index (χ0v) is 30.0. The van der Waals surface area contributed by atoms with Gasteiger partial charge in [-0.2, -0.15) is 5.10 Å². The molecular formula is C37H38Cl2N8O4. The van der Waals surface area contributed by atoms with Gasteiger partial charge in [0, 0.05) is 79.1 Å². The Labute approximate surface area is 304 Å². The Bertz CT molecular complexity index is 2220. The molecule has 0 bridgehead atoms. The van der Waals surface area contributed by atoms with E-state index in [4.69, 9.17) is 38.0 Å². The fourth-order valence-electron chi connectivity index (χ4n) is 6.80. The number of carbonyl (C=O) groups excluding carboxylic acids is 2. The van der Waals surface area contributed by atoms with Crippen LogP contribution in [0.2, 0.25) is 10.0 Å². The van der Waals surface area contributed by atoms with Gasteiger partial charge in [-0.3, -0.25) is 23.9 Å². The third-order valence-corrected chi connectivity index (χ3v) is 10.5. The lowest BCUT2D eigenvalue weighted by atomic mass is 9.97. The van der Waals surface area contributed by atoms with Crippen LogP contribution in [-0.4, -0.2) is 69.3 Å². The van der Waals surface area contributed by atoms with Gasteiger partial charge in [0.15, 0.2) is 0 Å². The van der Waals surface area contributed by atoms with Crippen molar-refractivity contribution >= 4 is 40.5 Å². The van der Waals surface area contributed by atoms with E-state index >= 15 is 0 Å². The lowest BCUT2D eigenvalue weighted by Crippen LogP contribution is -2.40. The van der Waals surface area contributed by atoms with Crippen molar-refractivity contribution in [1.82, 2.24) is 40.0 Å². The van der Waals surface area contributed by atoms with Gasteiger partial charge in [0.1, 0.15) is 11.3 Å². The average molecular weight is 730 g/mol. The van der Waals surface area contributed by atoms with Crippen LogP contribution >= 0.6 is 23.2 Å². The molecule has 2 aliphatic heterocycles. The molecule has 0 saturated carbocycles. The molecule has 14 heteroatoms. The second-order valence-corrected chi connectivity index (χ2v) is 13.8.